The van der Waals surface area contributed by atoms with Gasteiger partial charge in [0.2, 0.25) is 0 Å². The summed E-state index contributed by atoms with van der Waals surface area (Å²) >= 11 is 1.80. The molecule has 1 aliphatic rings. The fraction of sp³-hybridized carbons (Fsp3) is 0.667. The Morgan fingerprint density at radius 2 is 2.27 bits per heavy atom. The second kappa shape index (κ2) is 4.64. The lowest BCUT2D eigenvalue weighted by molar-refractivity contribution is 0.0515. The molecule has 3 atom stereocenters. The molecule has 2 heterocycles. The highest BCUT2D eigenvalue weighted by molar-refractivity contribution is 7.10. The first-order valence-corrected chi connectivity index (χ1v) is 6.45. The largest absolute Gasteiger partial charge is 0.371 e. The Kier molecular flexibility index (Phi) is 3.44. The maximum atomic E-state index is 5.96. The highest BCUT2D eigenvalue weighted by Crippen LogP contribution is 2.28. The van der Waals surface area contributed by atoms with Crippen LogP contribution in [0.25, 0.3) is 0 Å². The number of nitrogens with one attached hydrogen (secondary N) is 1. The minimum Gasteiger partial charge on any atom is -0.371 e. The van der Waals surface area contributed by atoms with E-state index in [1.54, 1.807) is 11.3 Å². The van der Waals surface area contributed by atoms with Gasteiger partial charge in [0.05, 0.1) is 6.61 Å². The topological polar surface area (TPSA) is 21.3 Å². The lowest BCUT2D eigenvalue weighted by Crippen LogP contribution is -2.32. The number of aryl methyl sites for hydroxylation is 1. The third-order valence-electron chi connectivity index (χ3n) is 3.23. The maximum absolute atomic E-state index is 5.96. The molecule has 84 valence electrons. The normalized spacial score (nSPS) is 32.6. The zero-order valence-corrected chi connectivity index (χ0v) is 10.4. The second-order valence-electron chi connectivity index (χ2n) is 4.46. The fourth-order valence-electron chi connectivity index (χ4n) is 1.85. The van der Waals surface area contributed by atoms with Gasteiger partial charge in [0.1, 0.15) is 6.10 Å². The molecule has 1 aromatic rings. The summed E-state index contributed by atoms with van der Waals surface area (Å²) in [5.41, 5.74) is 1.36. The highest BCUT2D eigenvalue weighted by Gasteiger charge is 2.23. The van der Waals surface area contributed by atoms with Gasteiger partial charge >= 0.3 is 0 Å². The predicted octanol–water partition coefficient (Wildman–Crippen LogP) is 2.74. The van der Waals surface area contributed by atoms with Crippen LogP contribution in [-0.2, 0) is 4.74 Å². The van der Waals surface area contributed by atoms with Crippen molar-refractivity contribution in [2.24, 2.45) is 5.92 Å². The van der Waals surface area contributed by atoms with Crippen LogP contribution in [0.1, 0.15) is 30.4 Å². The molecule has 1 saturated heterocycles. The van der Waals surface area contributed by atoms with E-state index in [0.29, 0.717) is 12.0 Å². The molecule has 3 unspecified atom stereocenters. The molecule has 0 radical (unpaired) electrons. The van der Waals surface area contributed by atoms with Gasteiger partial charge in [-0.3, -0.25) is 0 Å². The third kappa shape index (κ3) is 2.41. The van der Waals surface area contributed by atoms with Gasteiger partial charge in [0.25, 0.3) is 0 Å². The van der Waals surface area contributed by atoms with Crippen LogP contribution in [0.15, 0.2) is 11.4 Å². The third-order valence-corrected chi connectivity index (χ3v) is 4.34. The van der Waals surface area contributed by atoms with Gasteiger partial charge in [-0.2, -0.15) is 0 Å². The predicted molar refractivity (Wildman–Crippen MR) is 64.4 cm³/mol. The molecule has 0 aromatic carbocycles. The smallest absolute Gasteiger partial charge is 0.104 e. The highest BCUT2D eigenvalue weighted by atomic mass is 32.1. The molecule has 1 aliphatic heterocycles. The quantitative estimate of drug-likeness (QED) is 0.793. The van der Waals surface area contributed by atoms with Crippen molar-refractivity contribution in [3.8, 4) is 0 Å². The summed E-state index contributed by atoms with van der Waals surface area (Å²) < 4.78 is 5.96. The van der Waals surface area contributed by atoms with Crippen LogP contribution in [0, 0.1) is 12.8 Å². The SMILES string of the molecule is Cc1ccsc1C1CNC(C)C(C)CO1. The van der Waals surface area contributed by atoms with E-state index in [2.05, 4.69) is 37.5 Å². The van der Waals surface area contributed by atoms with Crippen molar-refractivity contribution in [1.82, 2.24) is 5.32 Å². The second-order valence-corrected chi connectivity index (χ2v) is 5.41. The average molecular weight is 225 g/mol. The Bertz CT molecular complexity index is 311. The molecular weight excluding hydrogens is 206 g/mol. The standard InChI is InChI=1S/C12H19NOS/c1-8-4-5-15-12(8)11-6-13-10(3)9(2)7-14-11/h4-5,9-11,13H,6-7H2,1-3H3. The molecule has 0 amide bonds. The Labute approximate surface area is 95.6 Å². The Morgan fingerprint density at radius 3 is 2.93 bits per heavy atom. The van der Waals surface area contributed by atoms with Gasteiger partial charge in [0, 0.05) is 17.5 Å². The minimum absolute atomic E-state index is 0.248. The zero-order valence-electron chi connectivity index (χ0n) is 9.62. The minimum atomic E-state index is 0.248. The maximum Gasteiger partial charge on any atom is 0.104 e. The van der Waals surface area contributed by atoms with Gasteiger partial charge in [0.15, 0.2) is 0 Å². The number of hydrogen-bond acceptors (Lipinski definition) is 3. The summed E-state index contributed by atoms with van der Waals surface area (Å²) in [7, 11) is 0. The molecular formula is C12H19NOS. The lowest BCUT2D eigenvalue weighted by Gasteiger charge is -2.15. The molecule has 1 aromatic heterocycles. The molecule has 1 N–H and O–H groups in total. The van der Waals surface area contributed by atoms with Crippen LogP contribution < -0.4 is 5.32 Å². The van der Waals surface area contributed by atoms with Crippen molar-refractivity contribution in [2.75, 3.05) is 13.2 Å². The zero-order chi connectivity index (χ0) is 10.8. The monoisotopic (exact) mass is 225 g/mol. The van der Waals surface area contributed by atoms with Crippen molar-refractivity contribution >= 4 is 11.3 Å². The van der Waals surface area contributed by atoms with Crippen LogP contribution in [0.3, 0.4) is 0 Å². The fourth-order valence-corrected chi connectivity index (χ4v) is 2.82. The molecule has 0 saturated carbocycles. The number of hydrogen-bond donors (Lipinski definition) is 1. The summed E-state index contributed by atoms with van der Waals surface area (Å²) in [4.78, 5) is 1.38. The van der Waals surface area contributed by atoms with Crippen LogP contribution in [0.4, 0.5) is 0 Å². The summed E-state index contributed by atoms with van der Waals surface area (Å²) in [6.45, 7) is 8.43. The van der Waals surface area contributed by atoms with Gasteiger partial charge in [-0.1, -0.05) is 6.92 Å². The molecule has 15 heavy (non-hydrogen) atoms. The summed E-state index contributed by atoms with van der Waals surface area (Å²) in [5.74, 6) is 0.593. The summed E-state index contributed by atoms with van der Waals surface area (Å²) in [6, 6.07) is 2.72. The van der Waals surface area contributed by atoms with Gasteiger partial charge < -0.3 is 10.1 Å². The molecule has 2 nitrogen and oxygen atoms in total. The molecule has 3 heteroatoms. The van der Waals surface area contributed by atoms with Crippen LogP contribution in [-0.4, -0.2) is 19.2 Å². The first-order chi connectivity index (χ1) is 7.18. The van der Waals surface area contributed by atoms with E-state index in [-0.39, 0.29) is 6.10 Å². The van der Waals surface area contributed by atoms with E-state index < -0.39 is 0 Å². The summed E-state index contributed by atoms with van der Waals surface area (Å²) in [6.07, 6.45) is 0.248. The molecule has 0 spiro atoms. The first kappa shape index (κ1) is 11.1. The van der Waals surface area contributed by atoms with Crippen molar-refractivity contribution in [3.63, 3.8) is 0 Å². The van der Waals surface area contributed by atoms with E-state index >= 15 is 0 Å². The molecule has 0 aliphatic carbocycles. The molecule has 2 rings (SSSR count). The van der Waals surface area contributed by atoms with Crippen molar-refractivity contribution in [3.05, 3.63) is 21.9 Å². The van der Waals surface area contributed by atoms with Crippen molar-refractivity contribution in [2.45, 2.75) is 32.9 Å². The van der Waals surface area contributed by atoms with Gasteiger partial charge in [-0.05, 0) is 36.8 Å². The van der Waals surface area contributed by atoms with Crippen LogP contribution in [0.5, 0.6) is 0 Å². The number of thiophene rings is 1. The molecule has 0 bridgehead atoms. The number of rotatable bonds is 1. The van der Waals surface area contributed by atoms with Crippen molar-refractivity contribution in [1.29, 1.82) is 0 Å². The summed E-state index contributed by atoms with van der Waals surface area (Å²) in [5, 5.41) is 5.69. The first-order valence-electron chi connectivity index (χ1n) is 5.57. The van der Waals surface area contributed by atoms with E-state index in [4.69, 9.17) is 4.74 Å². The van der Waals surface area contributed by atoms with E-state index in [9.17, 15) is 0 Å². The Balaban J connectivity index is 2.09. The lowest BCUT2D eigenvalue weighted by atomic mass is 10.1. The number of ether oxygens (including phenoxy) is 1. The average Bonchev–Trinajstić information content (AvgIpc) is 2.57. The Hall–Kier alpha value is -0.380. The van der Waals surface area contributed by atoms with E-state index in [1.807, 2.05) is 0 Å². The van der Waals surface area contributed by atoms with E-state index in [1.165, 1.54) is 10.4 Å². The van der Waals surface area contributed by atoms with Crippen LogP contribution in [0.2, 0.25) is 0 Å². The van der Waals surface area contributed by atoms with Gasteiger partial charge in [-0.15, -0.1) is 11.3 Å². The Morgan fingerprint density at radius 1 is 1.47 bits per heavy atom. The van der Waals surface area contributed by atoms with Crippen molar-refractivity contribution < 1.29 is 4.74 Å². The molecule has 1 fully saturated rings. The van der Waals surface area contributed by atoms with Gasteiger partial charge in [-0.25, -0.2) is 0 Å². The van der Waals surface area contributed by atoms with E-state index in [0.717, 1.165) is 13.2 Å². The van der Waals surface area contributed by atoms with Crippen LogP contribution >= 0.6 is 11.3 Å².